The molecule has 0 aliphatic carbocycles. The zero-order chi connectivity index (χ0) is 22.9. The normalized spacial score (nSPS) is 12.5. The van der Waals surface area contributed by atoms with Gasteiger partial charge in [-0.05, 0) is 39.0 Å². The summed E-state index contributed by atoms with van der Waals surface area (Å²) in [7, 11) is 0. The van der Waals surface area contributed by atoms with Crippen LogP contribution in [-0.4, -0.2) is 21.0 Å². The molecule has 4 rings (SSSR count). The Labute approximate surface area is 185 Å². The molecule has 162 valence electrons. The zero-order valence-corrected chi connectivity index (χ0v) is 18.2. The second-order valence-electron chi connectivity index (χ2n) is 8.65. The van der Waals surface area contributed by atoms with Crippen molar-refractivity contribution in [2.75, 3.05) is 0 Å². The number of benzene rings is 3. The van der Waals surface area contributed by atoms with Gasteiger partial charge in [-0.25, -0.2) is 9.37 Å². The largest absolute Gasteiger partial charge is 0.349 e. The van der Waals surface area contributed by atoms with E-state index in [4.69, 9.17) is 0 Å². The third-order valence-corrected chi connectivity index (χ3v) is 5.05. The summed E-state index contributed by atoms with van der Waals surface area (Å²) in [6.45, 7) is 5.52. The number of halogens is 1. The standard InChI is InChI=1S/C26H24FN3O2/c1-26(2,3)29-24(31)23(18-13-7-8-14-19(18)27)30-21-16-10-9-15-20(21)28-22(25(30)32)17-11-5-4-6-12-17/h4-16,23H,1-3H3,(H,29,31). The Bertz CT molecular complexity index is 1340. The first kappa shape index (κ1) is 21.4. The van der Waals surface area contributed by atoms with Gasteiger partial charge in [0.1, 0.15) is 17.6 Å². The first-order chi connectivity index (χ1) is 15.3. The lowest BCUT2D eigenvalue weighted by atomic mass is 10.0. The fourth-order valence-corrected chi connectivity index (χ4v) is 3.73. The van der Waals surface area contributed by atoms with Crippen molar-refractivity contribution in [3.05, 3.63) is 101 Å². The summed E-state index contributed by atoms with van der Waals surface area (Å²) in [5.41, 5.74) is 0.897. The summed E-state index contributed by atoms with van der Waals surface area (Å²) < 4.78 is 16.3. The molecular weight excluding hydrogens is 405 g/mol. The molecule has 0 radical (unpaired) electrons. The summed E-state index contributed by atoms with van der Waals surface area (Å²) >= 11 is 0. The van der Waals surface area contributed by atoms with E-state index in [2.05, 4.69) is 10.3 Å². The van der Waals surface area contributed by atoms with Crippen LogP contribution >= 0.6 is 0 Å². The van der Waals surface area contributed by atoms with Crippen LogP contribution in [0.5, 0.6) is 0 Å². The summed E-state index contributed by atoms with van der Waals surface area (Å²) in [5, 5.41) is 2.91. The van der Waals surface area contributed by atoms with E-state index in [9.17, 15) is 14.0 Å². The van der Waals surface area contributed by atoms with Crippen molar-refractivity contribution < 1.29 is 9.18 Å². The van der Waals surface area contributed by atoms with E-state index in [-0.39, 0.29) is 11.3 Å². The first-order valence-corrected chi connectivity index (χ1v) is 10.4. The van der Waals surface area contributed by atoms with Crippen LogP contribution in [0.25, 0.3) is 22.3 Å². The predicted octanol–water partition coefficient (Wildman–Crippen LogP) is 4.71. The van der Waals surface area contributed by atoms with Crippen molar-refractivity contribution in [2.45, 2.75) is 32.4 Å². The maximum absolute atomic E-state index is 15.0. The summed E-state index contributed by atoms with van der Waals surface area (Å²) in [5.74, 6) is -1.03. The fourth-order valence-electron chi connectivity index (χ4n) is 3.73. The van der Waals surface area contributed by atoms with Gasteiger partial charge in [0, 0.05) is 16.7 Å². The monoisotopic (exact) mass is 429 g/mol. The molecule has 4 aromatic rings. The number of para-hydroxylation sites is 2. The Morgan fingerprint density at radius 3 is 2.25 bits per heavy atom. The highest BCUT2D eigenvalue weighted by Crippen LogP contribution is 2.26. The number of carbonyl (C=O) groups is 1. The third-order valence-electron chi connectivity index (χ3n) is 5.05. The third kappa shape index (κ3) is 4.17. The molecule has 5 nitrogen and oxygen atoms in total. The van der Waals surface area contributed by atoms with E-state index in [1.54, 1.807) is 42.5 Å². The molecule has 32 heavy (non-hydrogen) atoms. The number of hydrogen-bond acceptors (Lipinski definition) is 3. The molecule has 1 N–H and O–H groups in total. The molecular formula is C26H24FN3O2. The predicted molar refractivity (Wildman–Crippen MR) is 124 cm³/mol. The van der Waals surface area contributed by atoms with Crippen molar-refractivity contribution >= 4 is 16.9 Å². The lowest BCUT2D eigenvalue weighted by Crippen LogP contribution is -2.46. The molecule has 0 aliphatic rings. The van der Waals surface area contributed by atoms with E-state index in [0.29, 0.717) is 16.6 Å². The van der Waals surface area contributed by atoms with Gasteiger partial charge in [-0.2, -0.15) is 0 Å². The van der Waals surface area contributed by atoms with Crippen molar-refractivity contribution in [3.63, 3.8) is 0 Å². The van der Waals surface area contributed by atoms with Crippen molar-refractivity contribution in [2.24, 2.45) is 0 Å². The molecule has 0 spiro atoms. The highest BCUT2D eigenvalue weighted by Gasteiger charge is 2.31. The second-order valence-corrected chi connectivity index (χ2v) is 8.65. The topological polar surface area (TPSA) is 64.0 Å². The lowest BCUT2D eigenvalue weighted by Gasteiger charge is -2.27. The molecule has 0 saturated carbocycles. The molecule has 1 aromatic heterocycles. The average molecular weight is 429 g/mol. The van der Waals surface area contributed by atoms with Gasteiger partial charge < -0.3 is 5.32 Å². The van der Waals surface area contributed by atoms with E-state index in [1.807, 2.05) is 45.0 Å². The summed E-state index contributed by atoms with van der Waals surface area (Å²) in [6.07, 6.45) is 0. The molecule has 1 unspecified atom stereocenters. The van der Waals surface area contributed by atoms with Crippen LogP contribution in [-0.2, 0) is 4.79 Å². The van der Waals surface area contributed by atoms with Gasteiger partial charge in [-0.1, -0.05) is 60.7 Å². The van der Waals surface area contributed by atoms with Crippen molar-refractivity contribution in [3.8, 4) is 11.3 Å². The van der Waals surface area contributed by atoms with Crippen LogP contribution in [0.1, 0.15) is 32.4 Å². The summed E-state index contributed by atoms with van der Waals surface area (Å²) in [6, 6.07) is 21.0. The highest BCUT2D eigenvalue weighted by atomic mass is 19.1. The average Bonchev–Trinajstić information content (AvgIpc) is 2.76. The van der Waals surface area contributed by atoms with Gasteiger partial charge in [0.25, 0.3) is 5.56 Å². The Kier molecular flexibility index (Phi) is 5.61. The number of carbonyl (C=O) groups excluding carboxylic acids is 1. The highest BCUT2D eigenvalue weighted by molar-refractivity contribution is 5.87. The minimum atomic E-state index is -1.21. The molecule has 1 amide bonds. The van der Waals surface area contributed by atoms with Gasteiger partial charge in [0.2, 0.25) is 5.91 Å². The maximum atomic E-state index is 15.0. The Hall–Kier alpha value is -3.80. The minimum absolute atomic E-state index is 0.117. The molecule has 3 aromatic carbocycles. The Morgan fingerprint density at radius 2 is 1.56 bits per heavy atom. The molecule has 0 bridgehead atoms. The Balaban J connectivity index is 2.07. The van der Waals surface area contributed by atoms with Crippen LogP contribution < -0.4 is 10.9 Å². The molecule has 1 atom stereocenters. The number of nitrogens with one attached hydrogen (secondary N) is 1. The molecule has 0 saturated heterocycles. The SMILES string of the molecule is CC(C)(C)NC(=O)C(c1ccccc1F)n1c(=O)c(-c2ccccc2)nc2ccccc21. The number of fused-ring (bicyclic) bond motifs is 1. The number of aromatic nitrogens is 2. The zero-order valence-electron chi connectivity index (χ0n) is 18.2. The second kappa shape index (κ2) is 8.38. The lowest BCUT2D eigenvalue weighted by molar-refractivity contribution is -0.124. The fraction of sp³-hybridized carbons (Fsp3) is 0.192. The van der Waals surface area contributed by atoms with Gasteiger partial charge in [-0.3, -0.25) is 14.2 Å². The minimum Gasteiger partial charge on any atom is -0.349 e. The van der Waals surface area contributed by atoms with Crippen LogP contribution in [0, 0.1) is 5.82 Å². The van der Waals surface area contributed by atoms with Gasteiger partial charge in [0.15, 0.2) is 0 Å². The molecule has 1 heterocycles. The van der Waals surface area contributed by atoms with Crippen LogP contribution in [0.15, 0.2) is 83.7 Å². The molecule has 6 heteroatoms. The van der Waals surface area contributed by atoms with Crippen LogP contribution in [0.3, 0.4) is 0 Å². The van der Waals surface area contributed by atoms with Gasteiger partial charge in [-0.15, -0.1) is 0 Å². The molecule has 0 aliphatic heterocycles. The number of hydrogen-bond donors (Lipinski definition) is 1. The van der Waals surface area contributed by atoms with E-state index >= 15 is 0 Å². The van der Waals surface area contributed by atoms with Crippen LogP contribution in [0.4, 0.5) is 4.39 Å². The van der Waals surface area contributed by atoms with Gasteiger partial charge >= 0.3 is 0 Å². The van der Waals surface area contributed by atoms with Crippen molar-refractivity contribution in [1.29, 1.82) is 0 Å². The van der Waals surface area contributed by atoms with Gasteiger partial charge in [0.05, 0.1) is 11.0 Å². The van der Waals surface area contributed by atoms with Crippen LogP contribution in [0.2, 0.25) is 0 Å². The summed E-state index contributed by atoms with van der Waals surface area (Å²) in [4.78, 5) is 31.9. The number of amides is 1. The van der Waals surface area contributed by atoms with E-state index < -0.39 is 28.9 Å². The molecule has 0 fully saturated rings. The van der Waals surface area contributed by atoms with E-state index in [1.165, 1.54) is 16.7 Å². The number of nitrogens with zero attached hydrogens (tertiary/aromatic N) is 2. The quantitative estimate of drug-likeness (QED) is 0.511. The van der Waals surface area contributed by atoms with Crippen molar-refractivity contribution in [1.82, 2.24) is 14.9 Å². The van der Waals surface area contributed by atoms with E-state index in [0.717, 1.165) is 0 Å². The first-order valence-electron chi connectivity index (χ1n) is 10.4. The Morgan fingerprint density at radius 1 is 0.938 bits per heavy atom. The maximum Gasteiger partial charge on any atom is 0.278 e. The smallest absolute Gasteiger partial charge is 0.278 e. The number of rotatable bonds is 4.